The number of ether oxygens (including phenoxy) is 3. The Labute approximate surface area is 192 Å². The van der Waals surface area contributed by atoms with Crippen molar-refractivity contribution in [3.63, 3.8) is 0 Å². The molecule has 0 saturated carbocycles. The van der Waals surface area contributed by atoms with E-state index in [1.807, 2.05) is 24.3 Å². The molecule has 174 valence electrons. The quantitative estimate of drug-likeness (QED) is 0.467. The molecule has 1 fully saturated rings. The van der Waals surface area contributed by atoms with Gasteiger partial charge in [-0.1, -0.05) is 12.1 Å². The molecule has 4 rings (SSSR count). The number of carbonyl (C=O) groups excluding carboxylic acids is 1. The topological polar surface area (TPSA) is 124 Å². The number of amides is 2. The average molecular weight is 453 g/mol. The number of benzene rings is 2. The lowest BCUT2D eigenvalue weighted by Crippen LogP contribution is -2.47. The van der Waals surface area contributed by atoms with Gasteiger partial charge in [0.15, 0.2) is 17.3 Å². The molecule has 10 heteroatoms. The lowest BCUT2D eigenvalue weighted by atomic mass is 10.1. The van der Waals surface area contributed by atoms with Crippen molar-refractivity contribution in [2.75, 3.05) is 64.7 Å². The van der Waals surface area contributed by atoms with Crippen molar-refractivity contribution in [3.05, 3.63) is 36.4 Å². The minimum absolute atomic E-state index is 0.0686. The van der Waals surface area contributed by atoms with Crippen LogP contribution < -0.4 is 25.8 Å². The summed E-state index contributed by atoms with van der Waals surface area (Å²) >= 11 is 0. The molecule has 2 heterocycles. The summed E-state index contributed by atoms with van der Waals surface area (Å²) in [4.78, 5) is 23.1. The molecular formula is C23H28N6O4. The summed E-state index contributed by atoms with van der Waals surface area (Å²) in [5.74, 6) is 2.01. The molecule has 0 atom stereocenters. The number of fused-ring (bicyclic) bond motifs is 1. The van der Waals surface area contributed by atoms with Crippen LogP contribution in [0.25, 0.3) is 22.3 Å². The Morgan fingerprint density at radius 3 is 2.61 bits per heavy atom. The van der Waals surface area contributed by atoms with E-state index in [0.717, 1.165) is 11.3 Å². The number of nitrogen functional groups attached to an aromatic ring is 1. The summed E-state index contributed by atoms with van der Waals surface area (Å²) in [6, 6.07) is 11.2. The Morgan fingerprint density at radius 2 is 1.85 bits per heavy atom. The summed E-state index contributed by atoms with van der Waals surface area (Å²) < 4.78 is 16.0. The zero-order valence-corrected chi connectivity index (χ0v) is 18.8. The Kier molecular flexibility index (Phi) is 6.94. The van der Waals surface area contributed by atoms with Gasteiger partial charge in [0.05, 0.1) is 33.0 Å². The van der Waals surface area contributed by atoms with E-state index >= 15 is 0 Å². The van der Waals surface area contributed by atoms with Crippen LogP contribution in [-0.2, 0) is 4.74 Å². The van der Waals surface area contributed by atoms with Gasteiger partial charge in [-0.05, 0) is 18.2 Å². The number of hydrogen-bond donors (Lipinski definition) is 3. The van der Waals surface area contributed by atoms with E-state index in [1.54, 1.807) is 31.3 Å². The van der Waals surface area contributed by atoms with Crippen molar-refractivity contribution in [3.8, 4) is 22.9 Å². The van der Waals surface area contributed by atoms with E-state index in [-0.39, 0.29) is 6.03 Å². The molecule has 4 N–H and O–H groups in total. The third-order valence-corrected chi connectivity index (χ3v) is 5.38. The zero-order chi connectivity index (χ0) is 23.2. The van der Waals surface area contributed by atoms with Crippen molar-refractivity contribution in [1.82, 2.24) is 20.2 Å². The highest BCUT2D eigenvalue weighted by Gasteiger charge is 2.16. The lowest BCUT2D eigenvalue weighted by Gasteiger charge is -2.26. The zero-order valence-electron chi connectivity index (χ0n) is 18.8. The number of methoxy groups -OCH3 is 2. The first-order chi connectivity index (χ1) is 16.1. The van der Waals surface area contributed by atoms with Gasteiger partial charge in [-0.15, -0.1) is 0 Å². The molecule has 2 amide bonds. The van der Waals surface area contributed by atoms with E-state index in [0.29, 0.717) is 73.4 Å². The number of rotatable bonds is 7. The number of nitrogens with one attached hydrogen (secondary N) is 2. The van der Waals surface area contributed by atoms with Gasteiger partial charge in [0.2, 0.25) is 0 Å². The maximum Gasteiger partial charge on any atom is 0.317 e. The van der Waals surface area contributed by atoms with Gasteiger partial charge >= 0.3 is 6.03 Å². The number of carbonyl (C=O) groups is 1. The van der Waals surface area contributed by atoms with Gasteiger partial charge in [0, 0.05) is 48.9 Å². The second kappa shape index (κ2) is 10.2. The van der Waals surface area contributed by atoms with E-state index in [1.165, 1.54) is 0 Å². The minimum Gasteiger partial charge on any atom is -0.493 e. The Morgan fingerprint density at radius 1 is 1.09 bits per heavy atom. The number of urea groups is 1. The van der Waals surface area contributed by atoms with Crippen LogP contribution in [0.4, 0.5) is 16.3 Å². The normalized spacial score (nSPS) is 13.6. The van der Waals surface area contributed by atoms with Gasteiger partial charge in [-0.2, -0.15) is 0 Å². The van der Waals surface area contributed by atoms with Crippen LogP contribution in [0, 0.1) is 0 Å². The van der Waals surface area contributed by atoms with Crippen molar-refractivity contribution in [2.24, 2.45) is 0 Å². The van der Waals surface area contributed by atoms with Crippen molar-refractivity contribution in [1.29, 1.82) is 0 Å². The minimum atomic E-state index is -0.0686. The number of anilines is 2. The predicted molar refractivity (Wildman–Crippen MR) is 127 cm³/mol. The smallest absolute Gasteiger partial charge is 0.317 e. The van der Waals surface area contributed by atoms with Crippen LogP contribution in [0.2, 0.25) is 0 Å². The fraction of sp³-hybridized carbons (Fsp3) is 0.348. The fourth-order valence-electron chi connectivity index (χ4n) is 3.63. The fourth-order valence-corrected chi connectivity index (χ4v) is 3.63. The molecule has 0 spiro atoms. The molecule has 1 saturated heterocycles. The number of nitrogens with zero attached hydrogens (tertiary/aromatic N) is 3. The van der Waals surface area contributed by atoms with Crippen LogP contribution in [0.1, 0.15) is 0 Å². The van der Waals surface area contributed by atoms with E-state index in [2.05, 4.69) is 20.6 Å². The van der Waals surface area contributed by atoms with Crippen molar-refractivity contribution >= 4 is 28.4 Å². The van der Waals surface area contributed by atoms with E-state index in [9.17, 15) is 4.79 Å². The summed E-state index contributed by atoms with van der Waals surface area (Å²) in [6.07, 6.45) is 0. The molecule has 0 bridgehead atoms. The van der Waals surface area contributed by atoms with Crippen LogP contribution >= 0.6 is 0 Å². The number of hydrogen-bond acceptors (Lipinski definition) is 8. The molecule has 2 aromatic carbocycles. The SMILES string of the molecule is COc1cc2nc(-c3cccc(NCCNC(=O)N4CCOCC4)c3)nc(N)c2cc1OC. The molecule has 33 heavy (non-hydrogen) atoms. The highest BCUT2D eigenvalue weighted by molar-refractivity contribution is 5.92. The van der Waals surface area contributed by atoms with Gasteiger partial charge in [-0.25, -0.2) is 14.8 Å². The maximum absolute atomic E-state index is 12.2. The largest absolute Gasteiger partial charge is 0.493 e. The van der Waals surface area contributed by atoms with E-state index in [4.69, 9.17) is 19.9 Å². The first kappa shape index (κ1) is 22.4. The maximum atomic E-state index is 12.2. The third-order valence-electron chi connectivity index (χ3n) is 5.38. The molecule has 1 aliphatic rings. The highest BCUT2D eigenvalue weighted by atomic mass is 16.5. The number of morpholine rings is 1. The Bertz CT molecular complexity index is 1130. The lowest BCUT2D eigenvalue weighted by molar-refractivity contribution is 0.0533. The van der Waals surface area contributed by atoms with Crippen molar-refractivity contribution < 1.29 is 19.0 Å². The monoisotopic (exact) mass is 452 g/mol. The second-order valence-electron chi connectivity index (χ2n) is 7.50. The predicted octanol–water partition coefficient (Wildman–Crippen LogP) is 2.35. The molecule has 10 nitrogen and oxygen atoms in total. The van der Waals surface area contributed by atoms with Gasteiger partial charge < -0.3 is 35.5 Å². The Hall–Kier alpha value is -3.79. The molecule has 0 unspecified atom stereocenters. The van der Waals surface area contributed by atoms with Gasteiger partial charge in [-0.3, -0.25) is 0 Å². The van der Waals surface area contributed by atoms with Gasteiger partial charge in [0.1, 0.15) is 5.82 Å². The molecule has 0 aliphatic carbocycles. The van der Waals surface area contributed by atoms with Crippen molar-refractivity contribution in [2.45, 2.75) is 0 Å². The summed E-state index contributed by atoms with van der Waals surface area (Å²) in [5, 5.41) is 6.94. The standard InChI is InChI=1S/C23H28N6O4/c1-31-19-13-17-18(14-20(19)32-2)27-22(28-21(17)24)15-4-3-5-16(12-15)25-6-7-26-23(30)29-8-10-33-11-9-29/h3-5,12-14,25H,6-11H2,1-2H3,(H,26,30)(H2,24,27,28). The third kappa shape index (κ3) is 5.17. The molecule has 1 aromatic heterocycles. The summed E-state index contributed by atoms with van der Waals surface area (Å²) in [7, 11) is 3.15. The molecule has 3 aromatic rings. The summed E-state index contributed by atoms with van der Waals surface area (Å²) in [5.41, 5.74) is 8.60. The molecular weight excluding hydrogens is 424 g/mol. The Balaban J connectivity index is 1.44. The van der Waals surface area contributed by atoms with Crippen LogP contribution in [0.15, 0.2) is 36.4 Å². The van der Waals surface area contributed by atoms with Gasteiger partial charge in [0.25, 0.3) is 0 Å². The second-order valence-corrected chi connectivity index (χ2v) is 7.50. The molecule has 0 radical (unpaired) electrons. The average Bonchev–Trinajstić information content (AvgIpc) is 2.86. The van der Waals surface area contributed by atoms with Crippen LogP contribution in [0.5, 0.6) is 11.5 Å². The highest BCUT2D eigenvalue weighted by Crippen LogP contribution is 2.34. The van der Waals surface area contributed by atoms with E-state index < -0.39 is 0 Å². The number of aromatic nitrogens is 2. The first-order valence-electron chi connectivity index (χ1n) is 10.7. The van der Waals surface area contributed by atoms with Crippen LogP contribution in [-0.4, -0.2) is 74.5 Å². The summed E-state index contributed by atoms with van der Waals surface area (Å²) in [6.45, 7) is 3.49. The number of nitrogens with two attached hydrogens (primary N) is 1. The van der Waals surface area contributed by atoms with Crippen LogP contribution in [0.3, 0.4) is 0 Å². The first-order valence-corrected chi connectivity index (χ1v) is 10.7. The molecule has 1 aliphatic heterocycles.